The van der Waals surface area contributed by atoms with Crippen LogP contribution in [0.4, 0.5) is 5.69 Å². The molecule has 1 aliphatic rings. The van der Waals surface area contributed by atoms with E-state index in [4.69, 9.17) is 5.73 Å². The highest BCUT2D eigenvalue weighted by atomic mass is 16.2. The Kier molecular flexibility index (Phi) is 2.02. The molecule has 0 spiro atoms. The number of nitrogens with zero attached hydrogens (tertiary/aromatic N) is 1. The SMILES string of the molecule is NCC1CC(=O)N1c1ccccc1. The number of carbonyl (C=O) groups excluding carboxylic acids is 1. The first-order chi connectivity index (χ1) is 6.33. The Morgan fingerprint density at radius 2 is 2.08 bits per heavy atom. The molecule has 3 nitrogen and oxygen atoms in total. The Labute approximate surface area is 77.1 Å². The Balaban J connectivity index is 2.21. The maximum absolute atomic E-state index is 11.3. The van der Waals surface area contributed by atoms with Crippen molar-refractivity contribution < 1.29 is 4.79 Å². The first-order valence-corrected chi connectivity index (χ1v) is 4.40. The van der Waals surface area contributed by atoms with Gasteiger partial charge in [-0.05, 0) is 12.1 Å². The molecule has 0 aliphatic carbocycles. The van der Waals surface area contributed by atoms with Crippen LogP contribution in [0.3, 0.4) is 0 Å². The summed E-state index contributed by atoms with van der Waals surface area (Å²) in [4.78, 5) is 13.0. The van der Waals surface area contributed by atoms with Gasteiger partial charge in [0, 0.05) is 18.7 Å². The molecule has 2 N–H and O–H groups in total. The van der Waals surface area contributed by atoms with Crippen molar-refractivity contribution in [2.75, 3.05) is 11.4 Å². The zero-order valence-corrected chi connectivity index (χ0v) is 7.31. The monoisotopic (exact) mass is 176 g/mol. The van der Waals surface area contributed by atoms with Crippen LogP contribution in [0.1, 0.15) is 6.42 Å². The number of hydrogen-bond donors (Lipinski definition) is 1. The number of carbonyl (C=O) groups is 1. The van der Waals surface area contributed by atoms with Crippen LogP contribution in [-0.2, 0) is 4.79 Å². The van der Waals surface area contributed by atoms with E-state index in [9.17, 15) is 4.79 Å². The van der Waals surface area contributed by atoms with Crippen LogP contribution in [0.5, 0.6) is 0 Å². The Morgan fingerprint density at radius 3 is 2.62 bits per heavy atom. The maximum Gasteiger partial charge on any atom is 0.229 e. The topological polar surface area (TPSA) is 46.3 Å². The van der Waals surface area contributed by atoms with Crippen molar-refractivity contribution in [1.82, 2.24) is 0 Å². The van der Waals surface area contributed by atoms with Gasteiger partial charge in [-0.25, -0.2) is 0 Å². The van der Waals surface area contributed by atoms with Gasteiger partial charge in [0.25, 0.3) is 0 Å². The van der Waals surface area contributed by atoms with E-state index in [-0.39, 0.29) is 11.9 Å². The van der Waals surface area contributed by atoms with Crippen molar-refractivity contribution in [3.8, 4) is 0 Å². The molecule has 1 amide bonds. The minimum absolute atomic E-state index is 0.168. The summed E-state index contributed by atoms with van der Waals surface area (Å²) in [5, 5.41) is 0. The molecule has 0 saturated carbocycles. The lowest BCUT2D eigenvalue weighted by Gasteiger charge is -2.39. The van der Waals surface area contributed by atoms with Crippen molar-refractivity contribution in [1.29, 1.82) is 0 Å². The van der Waals surface area contributed by atoms with Crippen LogP contribution in [0.25, 0.3) is 0 Å². The molecule has 1 saturated heterocycles. The molecule has 1 heterocycles. The highest BCUT2D eigenvalue weighted by Gasteiger charge is 2.35. The predicted octanol–water partition coefficient (Wildman–Crippen LogP) is 0.751. The molecular weight excluding hydrogens is 164 g/mol. The number of hydrogen-bond acceptors (Lipinski definition) is 2. The summed E-state index contributed by atoms with van der Waals surface area (Å²) in [6.45, 7) is 0.542. The second-order valence-electron chi connectivity index (χ2n) is 3.19. The van der Waals surface area contributed by atoms with E-state index in [1.807, 2.05) is 30.3 Å². The van der Waals surface area contributed by atoms with E-state index < -0.39 is 0 Å². The van der Waals surface area contributed by atoms with Gasteiger partial charge in [-0.1, -0.05) is 18.2 Å². The van der Waals surface area contributed by atoms with Crippen LogP contribution < -0.4 is 10.6 Å². The summed E-state index contributed by atoms with van der Waals surface area (Å²) in [5.41, 5.74) is 6.48. The molecule has 1 aromatic rings. The zero-order valence-electron chi connectivity index (χ0n) is 7.31. The average molecular weight is 176 g/mol. The van der Waals surface area contributed by atoms with Gasteiger partial charge < -0.3 is 10.6 Å². The minimum Gasteiger partial charge on any atom is -0.328 e. The van der Waals surface area contributed by atoms with E-state index >= 15 is 0 Å². The maximum atomic E-state index is 11.3. The van der Waals surface area contributed by atoms with Crippen molar-refractivity contribution in [3.63, 3.8) is 0 Å². The minimum atomic E-state index is 0.168. The number of anilines is 1. The molecule has 2 rings (SSSR count). The third kappa shape index (κ3) is 1.31. The van der Waals surface area contributed by atoms with E-state index in [2.05, 4.69) is 0 Å². The summed E-state index contributed by atoms with van der Waals surface area (Å²) in [5.74, 6) is 0.168. The summed E-state index contributed by atoms with van der Waals surface area (Å²) in [7, 11) is 0. The summed E-state index contributed by atoms with van der Waals surface area (Å²) in [6.07, 6.45) is 0.589. The molecule has 1 atom stereocenters. The van der Waals surface area contributed by atoms with Crippen LogP contribution in [0.2, 0.25) is 0 Å². The van der Waals surface area contributed by atoms with Gasteiger partial charge in [0.1, 0.15) is 0 Å². The summed E-state index contributed by atoms with van der Waals surface area (Å²) < 4.78 is 0. The van der Waals surface area contributed by atoms with E-state index in [1.165, 1.54) is 0 Å². The number of β-lactam (4-membered cyclic amide) rings is 1. The lowest BCUT2D eigenvalue weighted by atomic mass is 10.0. The van der Waals surface area contributed by atoms with Crippen molar-refractivity contribution in [3.05, 3.63) is 30.3 Å². The molecule has 1 aromatic carbocycles. The molecular formula is C10H12N2O. The average Bonchev–Trinajstić information content (AvgIpc) is 2.15. The molecule has 1 fully saturated rings. The normalized spacial score (nSPS) is 21.5. The van der Waals surface area contributed by atoms with Crippen LogP contribution in [-0.4, -0.2) is 18.5 Å². The highest BCUT2D eigenvalue weighted by Crippen LogP contribution is 2.26. The van der Waals surface area contributed by atoms with E-state index in [0.29, 0.717) is 13.0 Å². The standard InChI is InChI=1S/C10H12N2O/c11-7-9-6-10(13)12(9)8-4-2-1-3-5-8/h1-5,9H,6-7,11H2. The molecule has 1 aliphatic heterocycles. The molecule has 1 unspecified atom stereocenters. The predicted molar refractivity (Wildman–Crippen MR) is 51.4 cm³/mol. The Morgan fingerprint density at radius 1 is 1.38 bits per heavy atom. The van der Waals surface area contributed by atoms with Crippen molar-refractivity contribution >= 4 is 11.6 Å². The second-order valence-corrected chi connectivity index (χ2v) is 3.19. The van der Waals surface area contributed by atoms with Crippen LogP contribution in [0, 0.1) is 0 Å². The fraction of sp³-hybridized carbons (Fsp3) is 0.300. The zero-order chi connectivity index (χ0) is 9.26. The smallest absolute Gasteiger partial charge is 0.229 e. The molecule has 68 valence electrons. The molecule has 0 bridgehead atoms. The largest absolute Gasteiger partial charge is 0.328 e. The lowest BCUT2D eigenvalue weighted by Crippen LogP contribution is -2.56. The van der Waals surface area contributed by atoms with Gasteiger partial charge in [0.15, 0.2) is 0 Å². The fourth-order valence-corrected chi connectivity index (χ4v) is 1.61. The van der Waals surface area contributed by atoms with Crippen molar-refractivity contribution in [2.24, 2.45) is 5.73 Å². The third-order valence-electron chi connectivity index (χ3n) is 2.35. The number of benzene rings is 1. The third-order valence-corrected chi connectivity index (χ3v) is 2.35. The Hall–Kier alpha value is -1.35. The van der Waals surface area contributed by atoms with Gasteiger partial charge in [0.05, 0.1) is 6.04 Å². The quantitative estimate of drug-likeness (QED) is 0.676. The number of rotatable bonds is 2. The van der Waals surface area contributed by atoms with Crippen LogP contribution in [0.15, 0.2) is 30.3 Å². The second kappa shape index (κ2) is 3.18. The fourth-order valence-electron chi connectivity index (χ4n) is 1.61. The molecule has 3 heteroatoms. The number of para-hydroxylation sites is 1. The molecule has 0 radical (unpaired) electrons. The van der Waals surface area contributed by atoms with E-state index in [1.54, 1.807) is 4.90 Å². The number of amides is 1. The lowest BCUT2D eigenvalue weighted by molar-refractivity contribution is -0.123. The van der Waals surface area contributed by atoms with Crippen molar-refractivity contribution in [2.45, 2.75) is 12.5 Å². The number of nitrogens with two attached hydrogens (primary N) is 1. The van der Waals surface area contributed by atoms with E-state index in [0.717, 1.165) is 5.69 Å². The Bertz CT molecular complexity index is 310. The highest BCUT2D eigenvalue weighted by molar-refractivity contribution is 6.00. The molecule has 13 heavy (non-hydrogen) atoms. The van der Waals surface area contributed by atoms with Gasteiger partial charge >= 0.3 is 0 Å². The van der Waals surface area contributed by atoms with Gasteiger partial charge in [-0.3, -0.25) is 4.79 Å². The first kappa shape index (κ1) is 8.26. The molecule has 0 aromatic heterocycles. The van der Waals surface area contributed by atoms with Crippen LogP contribution >= 0.6 is 0 Å². The van der Waals surface area contributed by atoms with Gasteiger partial charge in [0.2, 0.25) is 5.91 Å². The first-order valence-electron chi connectivity index (χ1n) is 4.40. The van der Waals surface area contributed by atoms with Gasteiger partial charge in [-0.15, -0.1) is 0 Å². The summed E-state index contributed by atoms with van der Waals surface area (Å²) >= 11 is 0. The van der Waals surface area contributed by atoms with Gasteiger partial charge in [-0.2, -0.15) is 0 Å². The summed E-state index contributed by atoms with van der Waals surface area (Å²) in [6, 6.07) is 9.85.